The molecule has 1 aliphatic heterocycles. The fourth-order valence-corrected chi connectivity index (χ4v) is 3.21. The van der Waals surface area contributed by atoms with E-state index in [-0.39, 0.29) is 36.4 Å². The van der Waals surface area contributed by atoms with Crippen LogP contribution >= 0.6 is 24.0 Å². The van der Waals surface area contributed by atoms with Gasteiger partial charge in [-0.1, -0.05) is 24.3 Å². The van der Waals surface area contributed by atoms with E-state index in [4.69, 9.17) is 9.47 Å². The summed E-state index contributed by atoms with van der Waals surface area (Å²) in [5.41, 5.74) is 3.32. The number of anilines is 1. The first-order chi connectivity index (χ1) is 13.6. The summed E-state index contributed by atoms with van der Waals surface area (Å²) in [6.07, 6.45) is 0.889. The summed E-state index contributed by atoms with van der Waals surface area (Å²) >= 11 is 0. The highest BCUT2D eigenvalue weighted by molar-refractivity contribution is 14.0. The number of hydrogen-bond donors (Lipinski definition) is 2. The molecule has 0 unspecified atom stereocenters. The van der Waals surface area contributed by atoms with Crippen molar-refractivity contribution in [1.29, 1.82) is 0 Å². The van der Waals surface area contributed by atoms with Crippen LogP contribution in [0.4, 0.5) is 5.69 Å². The lowest BCUT2D eigenvalue weighted by Crippen LogP contribution is -2.44. The Labute approximate surface area is 188 Å². The number of fused-ring (bicyclic) bond motifs is 1. The highest BCUT2D eigenvalue weighted by Gasteiger charge is 2.20. The van der Waals surface area contributed by atoms with E-state index in [2.05, 4.69) is 27.8 Å². The molecule has 0 bridgehead atoms. The average Bonchev–Trinajstić information content (AvgIpc) is 2.75. The Bertz CT molecular complexity index is 873. The van der Waals surface area contributed by atoms with Crippen molar-refractivity contribution < 1.29 is 14.3 Å². The molecule has 0 saturated carbocycles. The van der Waals surface area contributed by atoms with Gasteiger partial charge in [0.25, 0.3) is 0 Å². The molecule has 2 aromatic rings. The highest BCUT2D eigenvalue weighted by Crippen LogP contribution is 2.29. The summed E-state index contributed by atoms with van der Waals surface area (Å²) in [6.45, 7) is 1.56. The van der Waals surface area contributed by atoms with Crippen molar-refractivity contribution in [2.45, 2.75) is 13.0 Å². The molecule has 7 nitrogen and oxygen atoms in total. The number of aliphatic imine (C=N–C) groups is 1. The quantitative estimate of drug-likeness (QED) is 0.368. The second-order valence-corrected chi connectivity index (χ2v) is 6.45. The van der Waals surface area contributed by atoms with E-state index in [0.29, 0.717) is 24.0 Å². The standard InChI is InChI=1S/C21H26N4O3.HI/c1-22-21(24-17-8-9-18(27-2)19(12-17)28-3)23-13-20(26)25-11-10-15-6-4-5-7-16(15)14-25;/h4-9,12H,10-11,13-14H2,1-3H3,(H2,22,23,24);1H. The molecule has 1 amide bonds. The van der Waals surface area contributed by atoms with Gasteiger partial charge in [-0.05, 0) is 29.7 Å². The molecular weight excluding hydrogens is 483 g/mol. The summed E-state index contributed by atoms with van der Waals surface area (Å²) < 4.78 is 10.6. The van der Waals surface area contributed by atoms with Crippen molar-refractivity contribution in [1.82, 2.24) is 10.2 Å². The monoisotopic (exact) mass is 510 g/mol. The molecular formula is C21H27IN4O3. The molecule has 0 atom stereocenters. The lowest BCUT2D eigenvalue weighted by Gasteiger charge is -2.29. The molecule has 29 heavy (non-hydrogen) atoms. The largest absolute Gasteiger partial charge is 0.493 e. The smallest absolute Gasteiger partial charge is 0.242 e. The number of carbonyl (C=O) groups is 1. The number of halogens is 1. The fourth-order valence-electron chi connectivity index (χ4n) is 3.21. The van der Waals surface area contributed by atoms with Gasteiger partial charge in [0.15, 0.2) is 17.5 Å². The highest BCUT2D eigenvalue weighted by atomic mass is 127. The molecule has 0 fully saturated rings. The minimum Gasteiger partial charge on any atom is -0.493 e. The van der Waals surface area contributed by atoms with Gasteiger partial charge >= 0.3 is 0 Å². The molecule has 2 aromatic carbocycles. The number of methoxy groups -OCH3 is 2. The van der Waals surface area contributed by atoms with Gasteiger partial charge in [-0.25, -0.2) is 0 Å². The van der Waals surface area contributed by atoms with E-state index >= 15 is 0 Å². The Hall–Kier alpha value is -2.49. The molecule has 1 aliphatic rings. The van der Waals surface area contributed by atoms with Crippen LogP contribution in [0.3, 0.4) is 0 Å². The zero-order valence-corrected chi connectivity index (χ0v) is 19.2. The maximum atomic E-state index is 12.6. The van der Waals surface area contributed by atoms with E-state index in [0.717, 1.165) is 18.7 Å². The Morgan fingerprint density at radius 2 is 1.83 bits per heavy atom. The minimum atomic E-state index is 0. The zero-order chi connectivity index (χ0) is 19.9. The van der Waals surface area contributed by atoms with Crippen LogP contribution in [0.1, 0.15) is 11.1 Å². The van der Waals surface area contributed by atoms with Crippen LogP contribution in [0.15, 0.2) is 47.5 Å². The van der Waals surface area contributed by atoms with E-state index in [9.17, 15) is 4.79 Å². The Kier molecular flexibility index (Phi) is 8.56. The van der Waals surface area contributed by atoms with Gasteiger partial charge in [0.2, 0.25) is 5.91 Å². The van der Waals surface area contributed by atoms with E-state index < -0.39 is 0 Å². The molecule has 8 heteroatoms. The molecule has 0 spiro atoms. The Morgan fingerprint density at radius 3 is 2.52 bits per heavy atom. The first-order valence-electron chi connectivity index (χ1n) is 9.19. The van der Waals surface area contributed by atoms with Gasteiger partial charge in [0, 0.05) is 31.9 Å². The summed E-state index contributed by atoms with van der Waals surface area (Å²) in [4.78, 5) is 18.7. The normalized spacial score (nSPS) is 13.1. The van der Waals surface area contributed by atoms with Crippen molar-refractivity contribution in [2.24, 2.45) is 4.99 Å². The van der Waals surface area contributed by atoms with Gasteiger partial charge in [0.05, 0.1) is 20.8 Å². The molecule has 1 heterocycles. The van der Waals surface area contributed by atoms with Crippen LogP contribution in [0, 0.1) is 0 Å². The number of ether oxygens (including phenoxy) is 2. The number of benzene rings is 2. The maximum Gasteiger partial charge on any atom is 0.242 e. The third-order valence-electron chi connectivity index (χ3n) is 4.76. The van der Waals surface area contributed by atoms with Crippen LogP contribution < -0.4 is 20.1 Å². The van der Waals surface area contributed by atoms with Crippen LogP contribution in [0.25, 0.3) is 0 Å². The maximum absolute atomic E-state index is 12.6. The molecule has 156 valence electrons. The van der Waals surface area contributed by atoms with Crippen molar-refractivity contribution in [2.75, 3.05) is 39.7 Å². The Morgan fingerprint density at radius 1 is 1.10 bits per heavy atom. The predicted molar refractivity (Wildman–Crippen MR) is 126 cm³/mol. The van der Waals surface area contributed by atoms with Crippen LogP contribution in [-0.4, -0.2) is 51.1 Å². The van der Waals surface area contributed by atoms with Gasteiger partial charge in [-0.3, -0.25) is 9.79 Å². The minimum absolute atomic E-state index is 0. The second-order valence-electron chi connectivity index (χ2n) is 6.45. The summed E-state index contributed by atoms with van der Waals surface area (Å²) in [7, 11) is 4.85. The topological polar surface area (TPSA) is 75.2 Å². The Balaban J connectivity index is 0.00000300. The fraction of sp³-hybridized carbons (Fsp3) is 0.333. The van der Waals surface area contributed by atoms with Crippen molar-refractivity contribution in [3.8, 4) is 11.5 Å². The number of carbonyl (C=O) groups excluding carboxylic acids is 1. The molecule has 0 radical (unpaired) electrons. The number of guanidine groups is 1. The summed E-state index contributed by atoms with van der Waals surface area (Å²) in [5.74, 6) is 1.82. The van der Waals surface area contributed by atoms with Gasteiger partial charge in [-0.15, -0.1) is 24.0 Å². The summed E-state index contributed by atoms with van der Waals surface area (Å²) in [6, 6.07) is 13.8. The van der Waals surface area contributed by atoms with E-state index in [1.165, 1.54) is 11.1 Å². The summed E-state index contributed by atoms with van der Waals surface area (Å²) in [5, 5.41) is 6.24. The molecule has 0 saturated heterocycles. The van der Waals surface area contributed by atoms with Crippen molar-refractivity contribution >= 4 is 41.5 Å². The number of rotatable bonds is 5. The molecule has 0 aliphatic carbocycles. The van der Waals surface area contributed by atoms with Crippen LogP contribution in [0.5, 0.6) is 11.5 Å². The SMILES string of the molecule is CN=C(NCC(=O)N1CCc2ccccc2C1)Nc1ccc(OC)c(OC)c1.I. The van der Waals surface area contributed by atoms with Crippen molar-refractivity contribution in [3.63, 3.8) is 0 Å². The number of nitrogens with one attached hydrogen (secondary N) is 2. The van der Waals surface area contributed by atoms with E-state index in [1.54, 1.807) is 21.3 Å². The van der Waals surface area contributed by atoms with Gasteiger partial charge < -0.3 is 25.0 Å². The van der Waals surface area contributed by atoms with Gasteiger partial charge in [0.1, 0.15) is 0 Å². The lowest BCUT2D eigenvalue weighted by atomic mass is 10.00. The van der Waals surface area contributed by atoms with E-state index in [1.807, 2.05) is 35.2 Å². The number of amides is 1. The zero-order valence-electron chi connectivity index (χ0n) is 16.9. The third-order valence-corrected chi connectivity index (χ3v) is 4.76. The first kappa shape index (κ1) is 22.8. The van der Waals surface area contributed by atoms with Crippen LogP contribution in [0.2, 0.25) is 0 Å². The molecule has 2 N–H and O–H groups in total. The first-order valence-corrected chi connectivity index (χ1v) is 9.19. The molecule has 3 rings (SSSR count). The second kappa shape index (κ2) is 10.9. The average molecular weight is 510 g/mol. The van der Waals surface area contributed by atoms with Gasteiger partial charge in [-0.2, -0.15) is 0 Å². The van der Waals surface area contributed by atoms with Crippen molar-refractivity contribution in [3.05, 3.63) is 53.6 Å². The third kappa shape index (κ3) is 5.75. The number of hydrogen-bond acceptors (Lipinski definition) is 4. The lowest BCUT2D eigenvalue weighted by molar-refractivity contribution is -0.130. The van der Waals surface area contributed by atoms with Crippen LogP contribution in [-0.2, 0) is 17.8 Å². The predicted octanol–water partition coefficient (Wildman–Crippen LogP) is 2.89. The number of nitrogens with zero attached hydrogens (tertiary/aromatic N) is 2. The molecule has 0 aromatic heterocycles.